The van der Waals surface area contributed by atoms with Gasteiger partial charge in [0.25, 0.3) is 5.56 Å². The molecule has 72 heavy (non-hydrogen) atoms. The molecule has 1 atom stereocenters. The Morgan fingerprint density at radius 2 is 1.79 bits per heavy atom. The average Bonchev–Trinajstić information content (AvgIpc) is 3.91. The molecule has 3 aromatic heterocycles. The number of allylic oxidation sites excluding steroid dienone is 2. The van der Waals surface area contributed by atoms with Gasteiger partial charge in [-0.15, -0.1) is 11.8 Å². The molecule has 0 radical (unpaired) electrons. The zero-order chi connectivity index (χ0) is 51.8. The second-order valence-electron chi connectivity index (χ2n) is 17.6. The molecule has 1 fully saturated rings. The number of carbonyl (C=O) groups is 2. The molecule has 7 rings (SSSR count). The smallest absolute Gasteiger partial charge is 0.399 e. The van der Waals surface area contributed by atoms with Crippen LogP contribution in [0.2, 0.25) is 0 Å². The number of nitrogens with two attached hydrogens (primary N) is 1. The summed E-state index contributed by atoms with van der Waals surface area (Å²) in [6.45, 7) is 22.0. The number of hydrogen-bond acceptors (Lipinski definition) is 9. The number of rotatable bonds is 16. The third-order valence-electron chi connectivity index (χ3n) is 12.9. The second-order valence-corrected chi connectivity index (χ2v) is 17.6. The number of aromatic nitrogens is 4. The van der Waals surface area contributed by atoms with E-state index >= 15 is 0 Å². The van der Waals surface area contributed by atoms with E-state index in [2.05, 4.69) is 76.1 Å². The Labute approximate surface area is 465 Å². The topological polar surface area (TPSA) is 148 Å². The van der Waals surface area contributed by atoms with Crippen LogP contribution in [0.1, 0.15) is 104 Å². The number of anilines is 2. The van der Waals surface area contributed by atoms with Gasteiger partial charge < -0.3 is 37.3 Å². The van der Waals surface area contributed by atoms with Gasteiger partial charge in [-0.2, -0.15) is 30.4 Å². The Bertz CT molecular complexity index is 2760. The maximum atomic E-state index is 14.8. The molecule has 13 nitrogen and oxygen atoms in total. The van der Waals surface area contributed by atoms with E-state index in [4.69, 9.17) is 5.73 Å². The number of aliphatic imine (C=N–C) groups is 1. The van der Waals surface area contributed by atoms with Crippen LogP contribution in [-0.2, 0) is 29.7 Å². The van der Waals surface area contributed by atoms with Crippen molar-refractivity contribution in [3.63, 3.8) is 0 Å². The first-order valence-corrected chi connectivity index (χ1v) is 23.8. The van der Waals surface area contributed by atoms with E-state index in [1.807, 2.05) is 47.5 Å². The Kier molecular flexibility index (Phi) is 23.7. The van der Waals surface area contributed by atoms with Crippen LogP contribution in [-0.4, -0.2) is 87.4 Å². The third kappa shape index (κ3) is 16.1. The number of hydrogen-bond donors (Lipinski definition) is 3. The molecule has 380 valence electrons. The van der Waals surface area contributed by atoms with Gasteiger partial charge in [0, 0.05) is 89.0 Å². The SMILES string of the molecule is C=[C-]c1cc(C)c(C2=CCN(C(C)c3ccc(/N=C\C=C(/C)n4cc(F)c(NC)cc4=O)n3C)CC2)c(F)c1.CNC(=O)CCCC=O.[CH2-]Cn1nc(CN2CCC(c3ccc(N)cc3F)CC2)cc1[CH2-].[K+]. The van der Waals surface area contributed by atoms with Crippen LogP contribution < -0.4 is 73.3 Å². The van der Waals surface area contributed by atoms with Gasteiger partial charge in [0.15, 0.2) is 5.82 Å². The van der Waals surface area contributed by atoms with Crippen LogP contribution in [0.4, 0.5) is 30.4 Å². The predicted molar refractivity (Wildman–Crippen MR) is 279 cm³/mol. The Morgan fingerprint density at radius 1 is 1.06 bits per heavy atom. The van der Waals surface area contributed by atoms with Crippen molar-refractivity contribution >= 4 is 46.9 Å². The van der Waals surface area contributed by atoms with Crippen molar-refractivity contribution in [2.75, 3.05) is 51.3 Å². The molecule has 2 aliphatic rings. The molecule has 1 amide bonds. The summed E-state index contributed by atoms with van der Waals surface area (Å²) in [6, 6.07) is 15.8. The zero-order valence-corrected chi connectivity index (χ0v) is 46.0. The fraction of sp³-hybridized carbons (Fsp3) is 0.364. The molecular formula is C55H68F3KN10O3-2. The second kappa shape index (κ2) is 28.8. The number of nitrogens with one attached hydrogen (secondary N) is 2. The summed E-state index contributed by atoms with van der Waals surface area (Å²) < 4.78 is 48.1. The van der Waals surface area contributed by atoms with E-state index in [-0.39, 0.29) is 92.1 Å². The number of unbranched alkanes of at least 4 members (excludes halogenated alkanes) is 1. The summed E-state index contributed by atoms with van der Waals surface area (Å²) in [5.74, 6) is 0.110. The van der Waals surface area contributed by atoms with E-state index in [9.17, 15) is 27.6 Å². The van der Waals surface area contributed by atoms with E-state index in [0.717, 1.165) is 91.3 Å². The number of likely N-dealkylation sites (tertiary alicyclic amines) is 1. The molecule has 0 saturated carbocycles. The molecule has 2 aliphatic heterocycles. The number of aldehydes is 1. The fourth-order valence-electron chi connectivity index (χ4n) is 8.81. The van der Waals surface area contributed by atoms with Crippen molar-refractivity contribution in [1.82, 2.24) is 34.0 Å². The Balaban J connectivity index is 0.000000286. The maximum Gasteiger partial charge on any atom is 1.00 e. The third-order valence-corrected chi connectivity index (χ3v) is 12.9. The van der Waals surface area contributed by atoms with Crippen LogP contribution in [0, 0.1) is 44.3 Å². The van der Waals surface area contributed by atoms with Gasteiger partial charge in [0.2, 0.25) is 5.91 Å². The van der Waals surface area contributed by atoms with Gasteiger partial charge >= 0.3 is 51.4 Å². The van der Waals surface area contributed by atoms with Crippen molar-refractivity contribution < 1.29 is 74.1 Å². The summed E-state index contributed by atoms with van der Waals surface area (Å²) in [4.78, 5) is 41.8. The largest absolute Gasteiger partial charge is 1.00 e. The van der Waals surface area contributed by atoms with Crippen molar-refractivity contribution in [3.8, 4) is 0 Å². The van der Waals surface area contributed by atoms with Crippen molar-refractivity contribution in [2.45, 2.75) is 84.3 Å². The zero-order valence-electron chi connectivity index (χ0n) is 42.9. The normalized spacial score (nSPS) is 14.8. The average molecular weight is 1010 g/mol. The Morgan fingerprint density at radius 3 is 2.39 bits per heavy atom. The molecule has 5 heterocycles. The summed E-state index contributed by atoms with van der Waals surface area (Å²) in [5.41, 5.74) is 13.6. The number of nitrogen functional groups attached to an aromatic ring is 1. The number of pyridine rings is 1. The molecule has 17 heteroatoms. The molecular weight excluding hydrogens is 945 g/mol. The van der Waals surface area contributed by atoms with Gasteiger partial charge in [0.05, 0.1) is 17.7 Å². The van der Waals surface area contributed by atoms with Crippen molar-refractivity contribution in [3.05, 3.63) is 167 Å². The fourth-order valence-corrected chi connectivity index (χ4v) is 8.81. The van der Waals surface area contributed by atoms with E-state index in [1.165, 1.54) is 29.0 Å². The number of carbonyl (C=O) groups excluding carboxylic acids is 2. The molecule has 1 unspecified atom stereocenters. The predicted octanol–water partition coefficient (Wildman–Crippen LogP) is 6.37. The van der Waals surface area contributed by atoms with E-state index in [0.29, 0.717) is 54.9 Å². The molecule has 0 bridgehead atoms. The first-order valence-electron chi connectivity index (χ1n) is 23.8. The summed E-state index contributed by atoms with van der Waals surface area (Å²) in [7, 11) is 5.12. The van der Waals surface area contributed by atoms with Crippen LogP contribution in [0.3, 0.4) is 0 Å². The van der Waals surface area contributed by atoms with Crippen molar-refractivity contribution in [2.24, 2.45) is 12.0 Å². The van der Waals surface area contributed by atoms with Crippen LogP contribution in [0.25, 0.3) is 11.3 Å². The standard InChI is InChI=1S/C31H34F2N5O.C18H23FN4.C6H11NO2.K/c1-7-23-16-20(2)31(25(32)17-23)24-11-14-37(15-12-24)22(4)28-8-9-29(36(28)6)35-13-10-21(3)38-19-26(33)27(34-5)18-30(38)39;1-3-23-13(2)10-16(21-23)12-22-8-6-14(7-9-22)17-5-4-15(20)11-18(17)19;1-7-6(9)4-2-3-5-8;/h8-11,13,16-19,22,34H,1,12,14-15H2,2-6H3;4-5,10-11,14H,1-3,6-9,12,20H2;5H,2-4H2,1H3,(H,7,9);/q-1;-2;;+1/b21-10+,35-13-;;;. The van der Waals surface area contributed by atoms with E-state index in [1.54, 1.807) is 39.4 Å². The van der Waals surface area contributed by atoms with Gasteiger partial charge in [-0.25, -0.2) is 30.2 Å². The van der Waals surface area contributed by atoms with Crippen LogP contribution in [0.5, 0.6) is 0 Å². The van der Waals surface area contributed by atoms with Crippen LogP contribution in [0.15, 0.2) is 89.3 Å². The minimum absolute atomic E-state index is 0. The van der Waals surface area contributed by atoms with Crippen molar-refractivity contribution in [1.29, 1.82) is 0 Å². The summed E-state index contributed by atoms with van der Waals surface area (Å²) >= 11 is 0. The number of aryl methyl sites for hydroxylation is 1. The minimum atomic E-state index is -0.507. The van der Waals surface area contributed by atoms with Gasteiger partial charge in [-0.1, -0.05) is 31.2 Å². The molecule has 2 aromatic carbocycles. The number of halogens is 3. The van der Waals surface area contributed by atoms with Gasteiger partial charge in [-0.3, -0.25) is 24.0 Å². The summed E-state index contributed by atoms with van der Waals surface area (Å²) in [6.07, 6.45) is 14.4. The van der Waals surface area contributed by atoms with E-state index < -0.39 is 5.82 Å². The molecule has 1 saturated heterocycles. The first-order chi connectivity index (χ1) is 34.0. The number of nitrogens with zero attached hydrogens (tertiary/aromatic N) is 7. The molecule has 0 aliphatic carbocycles. The first kappa shape index (κ1) is 59.3. The molecule has 0 spiro atoms. The monoisotopic (exact) mass is 1010 g/mol. The minimum Gasteiger partial charge on any atom is -0.399 e. The molecule has 5 aromatic rings. The number of piperidine rings is 1. The number of benzene rings is 2. The number of amides is 1. The Hall–Kier alpha value is -5.27. The van der Waals surface area contributed by atoms with Gasteiger partial charge in [0.1, 0.15) is 17.9 Å². The van der Waals surface area contributed by atoms with Gasteiger partial charge in [-0.05, 0) is 111 Å². The summed E-state index contributed by atoms with van der Waals surface area (Å²) in [5, 5.41) is 9.63. The molecule has 4 N–H and O–H groups in total. The van der Waals surface area contributed by atoms with Crippen LogP contribution >= 0.6 is 0 Å². The quantitative estimate of drug-likeness (QED) is 0.0258. The maximum absolute atomic E-state index is 14.8.